The Hall–Kier alpha value is -1.69. The SMILES string of the molecule is Cc1cc(Br)cc(NC(=O)CCn2cncn2)c1. The van der Waals surface area contributed by atoms with Gasteiger partial charge in [0.2, 0.25) is 5.91 Å². The van der Waals surface area contributed by atoms with E-state index in [4.69, 9.17) is 0 Å². The summed E-state index contributed by atoms with van der Waals surface area (Å²) in [5, 5.41) is 6.80. The molecule has 1 amide bonds. The van der Waals surface area contributed by atoms with E-state index in [1.165, 1.54) is 6.33 Å². The lowest BCUT2D eigenvalue weighted by atomic mass is 10.2. The maximum atomic E-state index is 11.7. The Balaban J connectivity index is 1.90. The van der Waals surface area contributed by atoms with Gasteiger partial charge in [0, 0.05) is 16.6 Å². The summed E-state index contributed by atoms with van der Waals surface area (Å²) in [6, 6.07) is 5.80. The topological polar surface area (TPSA) is 59.8 Å². The van der Waals surface area contributed by atoms with Crippen LogP contribution in [0.2, 0.25) is 0 Å². The summed E-state index contributed by atoms with van der Waals surface area (Å²) in [4.78, 5) is 15.6. The summed E-state index contributed by atoms with van der Waals surface area (Å²) in [5.74, 6) is -0.0389. The van der Waals surface area contributed by atoms with Crippen molar-refractivity contribution in [2.45, 2.75) is 19.9 Å². The molecule has 0 spiro atoms. The van der Waals surface area contributed by atoms with Crippen LogP contribution in [0.25, 0.3) is 0 Å². The van der Waals surface area contributed by atoms with Gasteiger partial charge in [-0.25, -0.2) is 4.98 Å². The monoisotopic (exact) mass is 308 g/mol. The van der Waals surface area contributed by atoms with Crippen molar-refractivity contribution in [2.75, 3.05) is 5.32 Å². The van der Waals surface area contributed by atoms with Crippen LogP contribution in [0, 0.1) is 6.92 Å². The second-order valence-electron chi connectivity index (χ2n) is 3.97. The molecule has 1 aromatic heterocycles. The van der Waals surface area contributed by atoms with E-state index in [9.17, 15) is 4.79 Å². The third kappa shape index (κ3) is 3.66. The largest absolute Gasteiger partial charge is 0.326 e. The molecule has 1 heterocycles. The second-order valence-corrected chi connectivity index (χ2v) is 4.89. The lowest BCUT2D eigenvalue weighted by Gasteiger charge is -2.07. The number of benzene rings is 1. The summed E-state index contributed by atoms with van der Waals surface area (Å²) in [7, 11) is 0. The van der Waals surface area contributed by atoms with Crippen molar-refractivity contribution in [2.24, 2.45) is 0 Å². The van der Waals surface area contributed by atoms with E-state index in [-0.39, 0.29) is 5.91 Å². The molecule has 1 N–H and O–H groups in total. The van der Waals surface area contributed by atoms with Crippen LogP contribution in [0.15, 0.2) is 35.3 Å². The van der Waals surface area contributed by atoms with Gasteiger partial charge in [-0.3, -0.25) is 9.48 Å². The van der Waals surface area contributed by atoms with Crippen molar-refractivity contribution in [1.29, 1.82) is 0 Å². The standard InChI is InChI=1S/C12H13BrN4O/c1-9-4-10(13)6-11(5-9)16-12(18)2-3-17-8-14-7-15-17/h4-8H,2-3H2,1H3,(H,16,18). The number of carbonyl (C=O) groups excluding carboxylic acids is 1. The molecule has 2 rings (SSSR count). The minimum atomic E-state index is -0.0389. The van der Waals surface area contributed by atoms with Gasteiger partial charge in [-0.05, 0) is 30.7 Å². The highest BCUT2D eigenvalue weighted by Gasteiger charge is 2.04. The minimum absolute atomic E-state index is 0.0389. The Labute approximate surface area is 113 Å². The van der Waals surface area contributed by atoms with Crippen LogP contribution in [-0.2, 0) is 11.3 Å². The Morgan fingerprint density at radius 3 is 2.94 bits per heavy atom. The summed E-state index contributed by atoms with van der Waals surface area (Å²) in [6.45, 7) is 2.51. The molecule has 0 aliphatic carbocycles. The highest BCUT2D eigenvalue weighted by atomic mass is 79.9. The van der Waals surface area contributed by atoms with E-state index in [1.54, 1.807) is 11.0 Å². The number of halogens is 1. The minimum Gasteiger partial charge on any atom is -0.326 e. The fourth-order valence-corrected chi connectivity index (χ4v) is 2.20. The van der Waals surface area contributed by atoms with Crippen LogP contribution in [0.5, 0.6) is 0 Å². The first-order chi connectivity index (χ1) is 8.63. The molecule has 1 aromatic carbocycles. The molecule has 18 heavy (non-hydrogen) atoms. The van der Waals surface area contributed by atoms with E-state index < -0.39 is 0 Å². The van der Waals surface area contributed by atoms with Crippen LogP contribution in [0.4, 0.5) is 5.69 Å². The van der Waals surface area contributed by atoms with Gasteiger partial charge in [0.1, 0.15) is 12.7 Å². The van der Waals surface area contributed by atoms with Crippen molar-refractivity contribution in [3.05, 3.63) is 40.9 Å². The zero-order valence-electron chi connectivity index (χ0n) is 9.93. The predicted octanol–water partition coefficient (Wildman–Crippen LogP) is 2.38. The van der Waals surface area contributed by atoms with Gasteiger partial charge in [0.05, 0.1) is 6.54 Å². The second kappa shape index (κ2) is 5.77. The number of aromatic nitrogens is 3. The number of nitrogens with one attached hydrogen (secondary N) is 1. The lowest BCUT2D eigenvalue weighted by molar-refractivity contribution is -0.116. The average molecular weight is 309 g/mol. The lowest BCUT2D eigenvalue weighted by Crippen LogP contribution is -2.14. The zero-order chi connectivity index (χ0) is 13.0. The quantitative estimate of drug-likeness (QED) is 0.943. The van der Waals surface area contributed by atoms with Crippen LogP contribution in [-0.4, -0.2) is 20.7 Å². The Morgan fingerprint density at radius 1 is 1.44 bits per heavy atom. The maximum Gasteiger partial charge on any atom is 0.226 e. The van der Waals surface area contributed by atoms with E-state index >= 15 is 0 Å². The van der Waals surface area contributed by atoms with Gasteiger partial charge in [0.25, 0.3) is 0 Å². The normalized spacial score (nSPS) is 10.3. The first-order valence-electron chi connectivity index (χ1n) is 5.53. The molecule has 0 saturated carbocycles. The number of nitrogens with zero attached hydrogens (tertiary/aromatic N) is 3. The number of rotatable bonds is 4. The smallest absolute Gasteiger partial charge is 0.226 e. The van der Waals surface area contributed by atoms with Crippen LogP contribution < -0.4 is 5.32 Å². The third-order valence-electron chi connectivity index (χ3n) is 2.36. The molecule has 0 fully saturated rings. The Bertz CT molecular complexity index is 519. The molecular weight excluding hydrogens is 296 g/mol. The van der Waals surface area contributed by atoms with Crippen LogP contribution in [0.1, 0.15) is 12.0 Å². The molecule has 5 nitrogen and oxygen atoms in total. The zero-order valence-corrected chi connectivity index (χ0v) is 11.5. The molecule has 0 aliphatic heterocycles. The van der Waals surface area contributed by atoms with Gasteiger partial charge in [-0.15, -0.1) is 0 Å². The van der Waals surface area contributed by atoms with E-state index in [1.807, 2.05) is 25.1 Å². The molecule has 0 unspecified atom stereocenters. The number of hydrogen-bond donors (Lipinski definition) is 1. The average Bonchev–Trinajstić information content (AvgIpc) is 2.77. The van der Waals surface area contributed by atoms with Crippen molar-refractivity contribution in [3.63, 3.8) is 0 Å². The van der Waals surface area contributed by atoms with Gasteiger partial charge in [0.15, 0.2) is 0 Å². The molecule has 0 aliphatic rings. The molecule has 0 atom stereocenters. The summed E-state index contributed by atoms with van der Waals surface area (Å²) >= 11 is 3.40. The van der Waals surface area contributed by atoms with Gasteiger partial charge in [-0.1, -0.05) is 15.9 Å². The van der Waals surface area contributed by atoms with Crippen molar-refractivity contribution in [3.8, 4) is 0 Å². The van der Waals surface area contributed by atoms with Crippen LogP contribution in [0.3, 0.4) is 0 Å². The summed E-state index contributed by atoms with van der Waals surface area (Å²) in [5.41, 5.74) is 1.89. The van der Waals surface area contributed by atoms with Gasteiger partial charge < -0.3 is 5.32 Å². The van der Waals surface area contributed by atoms with E-state index in [2.05, 4.69) is 31.3 Å². The number of anilines is 1. The molecule has 0 radical (unpaired) electrons. The van der Waals surface area contributed by atoms with E-state index in [0.29, 0.717) is 13.0 Å². The Kier molecular flexibility index (Phi) is 4.09. The number of carbonyl (C=O) groups is 1. The van der Waals surface area contributed by atoms with Gasteiger partial charge in [-0.2, -0.15) is 5.10 Å². The predicted molar refractivity (Wildman–Crippen MR) is 72.1 cm³/mol. The first-order valence-corrected chi connectivity index (χ1v) is 6.32. The van der Waals surface area contributed by atoms with Gasteiger partial charge >= 0.3 is 0 Å². The number of amides is 1. The summed E-state index contributed by atoms with van der Waals surface area (Å²) in [6.07, 6.45) is 3.42. The molecule has 6 heteroatoms. The van der Waals surface area contributed by atoms with Crippen LogP contribution >= 0.6 is 15.9 Å². The fraction of sp³-hybridized carbons (Fsp3) is 0.250. The summed E-state index contributed by atoms with van der Waals surface area (Å²) < 4.78 is 2.58. The molecule has 94 valence electrons. The van der Waals surface area contributed by atoms with Crippen molar-refractivity contribution in [1.82, 2.24) is 14.8 Å². The molecule has 0 saturated heterocycles. The van der Waals surface area contributed by atoms with E-state index in [0.717, 1.165) is 15.7 Å². The van der Waals surface area contributed by atoms with Crippen molar-refractivity contribution >= 4 is 27.5 Å². The third-order valence-corrected chi connectivity index (χ3v) is 2.82. The fourth-order valence-electron chi connectivity index (χ4n) is 1.60. The highest BCUT2D eigenvalue weighted by Crippen LogP contribution is 2.19. The Morgan fingerprint density at radius 2 is 2.28 bits per heavy atom. The molecular formula is C12H13BrN4O. The highest BCUT2D eigenvalue weighted by molar-refractivity contribution is 9.10. The number of hydrogen-bond acceptors (Lipinski definition) is 3. The molecule has 0 bridgehead atoms. The first kappa shape index (κ1) is 12.8. The number of aryl methyl sites for hydroxylation is 2. The van der Waals surface area contributed by atoms with Crippen molar-refractivity contribution < 1.29 is 4.79 Å². The maximum absolute atomic E-state index is 11.7. The molecule has 2 aromatic rings.